The minimum Gasteiger partial charge on any atom is -0.566 e. The van der Waals surface area contributed by atoms with Gasteiger partial charge in [0.15, 0.2) is 0 Å². The van der Waals surface area contributed by atoms with Crippen LogP contribution in [0, 0.1) is 0 Å². The van der Waals surface area contributed by atoms with Gasteiger partial charge >= 0.3 is 33.9 Å². The average Bonchev–Trinajstić information content (AvgIpc) is 2.18. The molecule has 0 aliphatic carbocycles. The molecule has 0 radical (unpaired) electrons. The molecule has 6 nitrogen and oxygen atoms in total. The van der Waals surface area contributed by atoms with Crippen LogP contribution >= 0.6 is 16.5 Å². The van der Waals surface area contributed by atoms with Gasteiger partial charge in [-0.25, -0.2) is 0 Å². The van der Waals surface area contributed by atoms with Gasteiger partial charge in [-0.1, -0.05) is 26.7 Å². The molecule has 2 unspecified atom stereocenters. The first-order valence-corrected chi connectivity index (χ1v) is 7.28. The van der Waals surface area contributed by atoms with Gasteiger partial charge in [0.1, 0.15) is 13.2 Å². The van der Waals surface area contributed by atoms with Crippen LogP contribution in [0.2, 0.25) is 0 Å². The molecule has 0 aromatic heterocycles. The number of hydrogen-bond acceptors (Lipinski definition) is 6. The maximum absolute atomic E-state index is 9.69. The van der Waals surface area contributed by atoms with Crippen molar-refractivity contribution in [1.82, 2.24) is 0 Å². The van der Waals surface area contributed by atoms with Gasteiger partial charge in [-0.2, -0.15) is 0 Å². The molecular formula is C8H18CrO6P2+2. The van der Waals surface area contributed by atoms with Crippen LogP contribution in [-0.4, -0.2) is 13.2 Å². The van der Waals surface area contributed by atoms with Gasteiger partial charge in [-0.3, -0.25) is 0 Å². The fourth-order valence-electron chi connectivity index (χ4n) is 0.567. The molecule has 0 spiro atoms. The Morgan fingerprint density at radius 1 is 0.882 bits per heavy atom. The van der Waals surface area contributed by atoms with E-state index in [-0.39, 0.29) is 17.4 Å². The first-order valence-electron chi connectivity index (χ1n) is 5.09. The van der Waals surface area contributed by atoms with Crippen LogP contribution in [0.5, 0.6) is 0 Å². The van der Waals surface area contributed by atoms with Crippen LogP contribution in [0.4, 0.5) is 0 Å². The van der Waals surface area contributed by atoms with Crippen molar-refractivity contribution in [3.8, 4) is 0 Å². The Morgan fingerprint density at radius 2 is 1.18 bits per heavy atom. The van der Waals surface area contributed by atoms with Gasteiger partial charge in [-0.05, 0) is 22.0 Å². The van der Waals surface area contributed by atoms with Gasteiger partial charge < -0.3 is 9.79 Å². The van der Waals surface area contributed by atoms with Gasteiger partial charge in [0.2, 0.25) is 0 Å². The van der Waals surface area contributed by atoms with Crippen molar-refractivity contribution in [2.24, 2.45) is 0 Å². The third-order valence-electron chi connectivity index (χ3n) is 1.39. The molecule has 2 atom stereocenters. The summed E-state index contributed by atoms with van der Waals surface area (Å²) in [7, 11) is -5.22. The largest absolute Gasteiger partial charge is 2.00 e. The summed E-state index contributed by atoms with van der Waals surface area (Å²) in [6.45, 7) is 4.60. The Hall–Kier alpha value is 0.572. The molecule has 9 heteroatoms. The molecule has 0 rings (SSSR count). The summed E-state index contributed by atoms with van der Waals surface area (Å²) in [6, 6.07) is 0. The van der Waals surface area contributed by atoms with Gasteiger partial charge in [0.25, 0.3) is 0 Å². The van der Waals surface area contributed by atoms with Crippen molar-refractivity contribution in [2.45, 2.75) is 39.5 Å². The molecule has 0 fully saturated rings. The number of rotatable bonds is 8. The molecule has 0 bridgehead atoms. The van der Waals surface area contributed by atoms with E-state index >= 15 is 0 Å². The third kappa shape index (κ3) is 31.5. The van der Waals surface area contributed by atoms with E-state index in [1.807, 2.05) is 13.8 Å². The van der Waals surface area contributed by atoms with E-state index in [1.54, 1.807) is 0 Å². The number of unbranched alkanes of at least 4 members (excludes halogenated alkanes) is 2. The van der Waals surface area contributed by atoms with Crippen LogP contribution in [0.15, 0.2) is 0 Å². The third-order valence-corrected chi connectivity index (χ3v) is 2.18. The van der Waals surface area contributed by atoms with Crippen LogP contribution in [0.3, 0.4) is 0 Å². The Morgan fingerprint density at radius 3 is 1.35 bits per heavy atom. The van der Waals surface area contributed by atoms with Gasteiger partial charge in [0, 0.05) is 0 Å². The molecule has 0 aliphatic heterocycles. The van der Waals surface area contributed by atoms with E-state index in [1.165, 1.54) is 0 Å². The monoisotopic (exact) mass is 324 g/mol. The van der Waals surface area contributed by atoms with E-state index in [9.17, 15) is 18.9 Å². The molecule has 0 aliphatic rings. The van der Waals surface area contributed by atoms with Crippen molar-refractivity contribution < 1.29 is 45.3 Å². The van der Waals surface area contributed by atoms with Crippen molar-refractivity contribution in [3.05, 3.63) is 0 Å². The average molecular weight is 324 g/mol. The molecule has 17 heavy (non-hydrogen) atoms. The fraction of sp³-hybridized carbons (Fsp3) is 1.00. The van der Waals surface area contributed by atoms with Gasteiger partial charge in [0.05, 0.1) is 0 Å². The van der Waals surface area contributed by atoms with Crippen LogP contribution in [0.25, 0.3) is 0 Å². The summed E-state index contributed by atoms with van der Waals surface area (Å²) in [4.78, 5) is 19.4. The molecule has 0 aromatic carbocycles. The van der Waals surface area contributed by atoms with E-state index in [0.717, 1.165) is 25.7 Å². The topological polar surface area (TPSA) is 98.7 Å². The second-order valence-electron chi connectivity index (χ2n) is 2.82. The standard InChI is InChI=1S/2C4H9O3P.Cr/c2*1-2-3-4-7-8(5)6;/h2*2-4H2,1H3;/q;;+2. The smallest absolute Gasteiger partial charge is 0.566 e. The van der Waals surface area contributed by atoms with Crippen molar-refractivity contribution in [3.63, 3.8) is 0 Å². The van der Waals surface area contributed by atoms with E-state index in [4.69, 9.17) is 0 Å². The van der Waals surface area contributed by atoms with E-state index in [0.29, 0.717) is 13.2 Å². The summed E-state index contributed by atoms with van der Waals surface area (Å²) in [5.74, 6) is 0. The second-order valence-corrected chi connectivity index (χ2v) is 4.23. The fourth-order valence-corrected chi connectivity index (χ4v) is 1.12. The zero-order valence-electron chi connectivity index (χ0n) is 9.99. The number of hydrogen-bond donors (Lipinski definition) is 0. The molecular weight excluding hydrogens is 306 g/mol. The van der Waals surface area contributed by atoms with E-state index in [2.05, 4.69) is 9.05 Å². The Labute approximate surface area is 115 Å². The van der Waals surface area contributed by atoms with Crippen LogP contribution < -0.4 is 9.79 Å². The molecule has 0 saturated carbocycles. The summed E-state index contributed by atoms with van der Waals surface area (Å²) >= 11 is 0. The summed E-state index contributed by atoms with van der Waals surface area (Å²) in [5.41, 5.74) is 0. The minimum absolute atomic E-state index is 0. The molecule has 100 valence electrons. The Kier molecular flexibility index (Phi) is 25.3. The Balaban J connectivity index is -0.000000218. The molecule has 0 saturated heterocycles. The predicted molar refractivity (Wildman–Crippen MR) is 56.9 cm³/mol. The van der Waals surface area contributed by atoms with Crippen LogP contribution in [-0.2, 0) is 35.5 Å². The summed E-state index contributed by atoms with van der Waals surface area (Å²) in [5, 5.41) is 0. The maximum atomic E-state index is 9.69. The second kappa shape index (κ2) is 18.9. The zero-order valence-corrected chi connectivity index (χ0v) is 13.1. The first-order chi connectivity index (χ1) is 7.54. The predicted octanol–water partition coefficient (Wildman–Crippen LogP) is 1.64. The molecule has 0 aromatic rings. The van der Waals surface area contributed by atoms with Crippen LogP contribution in [0.1, 0.15) is 39.5 Å². The molecule has 0 N–H and O–H groups in total. The molecule has 0 heterocycles. The normalized spacial score (nSPS) is 10.8. The zero-order chi connectivity index (χ0) is 12.8. The van der Waals surface area contributed by atoms with Crippen molar-refractivity contribution in [1.29, 1.82) is 0 Å². The van der Waals surface area contributed by atoms with Crippen molar-refractivity contribution in [2.75, 3.05) is 13.2 Å². The first kappa shape index (κ1) is 22.7. The maximum Gasteiger partial charge on any atom is 2.00 e. The minimum atomic E-state index is -2.61. The van der Waals surface area contributed by atoms with Gasteiger partial charge in [-0.15, -0.1) is 9.05 Å². The van der Waals surface area contributed by atoms with E-state index < -0.39 is 16.5 Å². The molecule has 0 amide bonds. The SMILES string of the molecule is CCCCO[P+](=O)[O-].CCCCO[P+](=O)[O-].[Cr+2]. The summed E-state index contributed by atoms with van der Waals surface area (Å²) in [6.07, 6.45) is 3.54. The van der Waals surface area contributed by atoms with Crippen molar-refractivity contribution >= 4 is 16.5 Å². The summed E-state index contributed by atoms with van der Waals surface area (Å²) < 4.78 is 27.8. The quantitative estimate of drug-likeness (QED) is 0.497. The Bertz CT molecular complexity index is 173.